The summed E-state index contributed by atoms with van der Waals surface area (Å²) >= 11 is 0. The van der Waals surface area contributed by atoms with Gasteiger partial charge in [0.25, 0.3) is 0 Å². The molecule has 0 spiro atoms. The van der Waals surface area contributed by atoms with Gasteiger partial charge in [-0.1, -0.05) is 12.1 Å². The van der Waals surface area contributed by atoms with E-state index in [2.05, 4.69) is 26.0 Å². The monoisotopic (exact) mass is 193 g/mol. The van der Waals surface area contributed by atoms with E-state index >= 15 is 0 Å². The van der Waals surface area contributed by atoms with Gasteiger partial charge in [-0.25, -0.2) is 0 Å². The molecule has 2 nitrogen and oxygen atoms in total. The summed E-state index contributed by atoms with van der Waals surface area (Å²) in [6.07, 6.45) is 0. The number of nitrogens with two attached hydrogens (primary N) is 1. The summed E-state index contributed by atoms with van der Waals surface area (Å²) in [6, 6.07) is 4.19. The summed E-state index contributed by atoms with van der Waals surface area (Å²) in [5, 5.41) is 0. The van der Waals surface area contributed by atoms with Gasteiger partial charge < -0.3 is 10.5 Å². The first kappa shape index (κ1) is 11.1. The van der Waals surface area contributed by atoms with Crippen LogP contribution in [0.5, 0.6) is 5.75 Å². The first-order chi connectivity index (χ1) is 6.57. The molecule has 0 aliphatic heterocycles. The number of rotatable bonds is 3. The van der Waals surface area contributed by atoms with E-state index in [1.165, 1.54) is 5.56 Å². The van der Waals surface area contributed by atoms with Crippen LogP contribution in [0.15, 0.2) is 12.1 Å². The molecule has 1 aromatic carbocycles. The van der Waals surface area contributed by atoms with Crippen LogP contribution in [0, 0.1) is 13.8 Å². The highest BCUT2D eigenvalue weighted by molar-refractivity contribution is 5.47. The zero-order valence-electron chi connectivity index (χ0n) is 9.42. The van der Waals surface area contributed by atoms with Crippen molar-refractivity contribution in [2.75, 3.05) is 6.61 Å². The fraction of sp³-hybridized carbons (Fsp3) is 0.500. The van der Waals surface area contributed by atoms with E-state index in [-0.39, 0.29) is 6.04 Å². The predicted octanol–water partition coefficient (Wildman–Crippen LogP) is 2.72. The lowest BCUT2D eigenvalue weighted by molar-refractivity contribution is 0.332. The molecule has 2 N–H and O–H groups in total. The number of hydrogen-bond acceptors (Lipinski definition) is 2. The van der Waals surface area contributed by atoms with Gasteiger partial charge in [-0.15, -0.1) is 0 Å². The van der Waals surface area contributed by atoms with Gasteiger partial charge in [0.15, 0.2) is 0 Å². The number of benzene rings is 1. The van der Waals surface area contributed by atoms with Gasteiger partial charge in [0.05, 0.1) is 6.61 Å². The quantitative estimate of drug-likeness (QED) is 0.801. The highest BCUT2D eigenvalue weighted by Gasteiger charge is 2.13. The second-order valence-electron chi connectivity index (χ2n) is 3.66. The molecule has 0 saturated carbocycles. The van der Waals surface area contributed by atoms with Crippen LogP contribution >= 0.6 is 0 Å². The lowest BCUT2D eigenvalue weighted by atomic mass is 9.99. The Morgan fingerprint density at radius 3 is 2.36 bits per heavy atom. The van der Waals surface area contributed by atoms with E-state index in [9.17, 15) is 0 Å². The number of aryl methyl sites for hydroxylation is 2. The van der Waals surface area contributed by atoms with Crippen LogP contribution in [-0.2, 0) is 0 Å². The van der Waals surface area contributed by atoms with Gasteiger partial charge in [-0.05, 0) is 38.8 Å². The number of ether oxygens (including phenoxy) is 1. The molecular formula is C12H19NO. The van der Waals surface area contributed by atoms with Crippen molar-refractivity contribution in [2.45, 2.75) is 33.7 Å². The third-order valence-electron chi connectivity index (χ3n) is 2.35. The Morgan fingerprint density at radius 2 is 1.86 bits per heavy atom. The molecule has 0 aliphatic rings. The normalized spacial score (nSPS) is 12.6. The lowest BCUT2D eigenvalue weighted by Gasteiger charge is -2.18. The Bertz CT molecular complexity index is 318. The first-order valence-electron chi connectivity index (χ1n) is 5.06. The van der Waals surface area contributed by atoms with Crippen LogP contribution in [0.2, 0.25) is 0 Å². The molecule has 1 aromatic rings. The SMILES string of the molecule is CCOc1c(C)ccc(C)c1C(C)N. The Hall–Kier alpha value is -1.02. The maximum Gasteiger partial charge on any atom is 0.127 e. The third-order valence-corrected chi connectivity index (χ3v) is 2.35. The molecule has 0 heterocycles. The second-order valence-corrected chi connectivity index (χ2v) is 3.66. The topological polar surface area (TPSA) is 35.2 Å². The smallest absolute Gasteiger partial charge is 0.127 e. The highest BCUT2D eigenvalue weighted by Crippen LogP contribution is 2.30. The molecule has 1 unspecified atom stereocenters. The molecule has 1 atom stereocenters. The average Bonchev–Trinajstić information content (AvgIpc) is 2.11. The van der Waals surface area contributed by atoms with Crippen molar-refractivity contribution in [1.29, 1.82) is 0 Å². The van der Waals surface area contributed by atoms with Crippen LogP contribution in [0.1, 0.15) is 36.6 Å². The predicted molar refractivity (Wildman–Crippen MR) is 59.7 cm³/mol. The summed E-state index contributed by atoms with van der Waals surface area (Å²) in [4.78, 5) is 0. The molecule has 0 bridgehead atoms. The van der Waals surface area contributed by atoms with E-state index in [4.69, 9.17) is 10.5 Å². The zero-order valence-corrected chi connectivity index (χ0v) is 9.42. The van der Waals surface area contributed by atoms with Crippen LogP contribution < -0.4 is 10.5 Å². The van der Waals surface area contributed by atoms with Crippen molar-refractivity contribution in [2.24, 2.45) is 5.73 Å². The van der Waals surface area contributed by atoms with Gasteiger partial charge in [0, 0.05) is 11.6 Å². The lowest BCUT2D eigenvalue weighted by Crippen LogP contribution is -2.10. The molecule has 14 heavy (non-hydrogen) atoms. The summed E-state index contributed by atoms with van der Waals surface area (Å²) < 4.78 is 5.63. The van der Waals surface area contributed by atoms with E-state index < -0.39 is 0 Å². The van der Waals surface area contributed by atoms with Gasteiger partial charge in [-0.2, -0.15) is 0 Å². The zero-order chi connectivity index (χ0) is 10.7. The minimum Gasteiger partial charge on any atom is -0.493 e. The minimum atomic E-state index is 0.0245. The fourth-order valence-corrected chi connectivity index (χ4v) is 1.71. The second kappa shape index (κ2) is 4.47. The molecule has 0 fully saturated rings. The van der Waals surface area contributed by atoms with E-state index in [1.54, 1.807) is 0 Å². The van der Waals surface area contributed by atoms with Crippen molar-refractivity contribution in [3.63, 3.8) is 0 Å². The van der Waals surface area contributed by atoms with E-state index in [0.717, 1.165) is 16.9 Å². The van der Waals surface area contributed by atoms with Gasteiger partial charge in [-0.3, -0.25) is 0 Å². The van der Waals surface area contributed by atoms with Crippen molar-refractivity contribution < 1.29 is 4.74 Å². The molecule has 0 aliphatic carbocycles. The molecule has 2 heteroatoms. The van der Waals surface area contributed by atoms with Crippen LogP contribution in [0.25, 0.3) is 0 Å². The van der Waals surface area contributed by atoms with Crippen LogP contribution in [0.4, 0.5) is 0 Å². The molecule has 0 saturated heterocycles. The van der Waals surface area contributed by atoms with Crippen LogP contribution in [-0.4, -0.2) is 6.61 Å². The summed E-state index contributed by atoms with van der Waals surface area (Å²) in [7, 11) is 0. The van der Waals surface area contributed by atoms with Gasteiger partial charge in [0.2, 0.25) is 0 Å². The van der Waals surface area contributed by atoms with E-state index in [0.29, 0.717) is 6.61 Å². The van der Waals surface area contributed by atoms with Gasteiger partial charge >= 0.3 is 0 Å². The molecule has 78 valence electrons. The minimum absolute atomic E-state index is 0.0245. The van der Waals surface area contributed by atoms with E-state index in [1.807, 2.05) is 13.8 Å². The van der Waals surface area contributed by atoms with Crippen LogP contribution in [0.3, 0.4) is 0 Å². The largest absolute Gasteiger partial charge is 0.493 e. The Labute approximate surface area is 86.1 Å². The summed E-state index contributed by atoms with van der Waals surface area (Å²) in [5.74, 6) is 0.961. The molecular weight excluding hydrogens is 174 g/mol. The molecule has 0 radical (unpaired) electrons. The van der Waals surface area contributed by atoms with Crippen molar-refractivity contribution in [3.8, 4) is 5.75 Å². The van der Waals surface area contributed by atoms with Gasteiger partial charge in [0.1, 0.15) is 5.75 Å². The molecule has 0 aromatic heterocycles. The number of hydrogen-bond donors (Lipinski definition) is 1. The Morgan fingerprint density at radius 1 is 1.29 bits per heavy atom. The van der Waals surface area contributed by atoms with Crippen molar-refractivity contribution in [3.05, 3.63) is 28.8 Å². The average molecular weight is 193 g/mol. The van der Waals surface area contributed by atoms with Crippen molar-refractivity contribution in [1.82, 2.24) is 0 Å². The maximum atomic E-state index is 5.93. The first-order valence-corrected chi connectivity index (χ1v) is 5.06. The Balaban J connectivity index is 3.26. The molecule has 0 amide bonds. The highest BCUT2D eigenvalue weighted by atomic mass is 16.5. The standard InChI is InChI=1S/C12H19NO/c1-5-14-12-9(3)7-6-8(2)11(12)10(4)13/h6-7,10H,5,13H2,1-4H3. The third kappa shape index (κ3) is 2.07. The summed E-state index contributed by atoms with van der Waals surface area (Å²) in [6.45, 7) is 8.79. The fourth-order valence-electron chi connectivity index (χ4n) is 1.71. The maximum absolute atomic E-state index is 5.93. The van der Waals surface area contributed by atoms with Crippen molar-refractivity contribution >= 4 is 0 Å². The Kier molecular flexibility index (Phi) is 3.53. The summed E-state index contributed by atoms with van der Waals surface area (Å²) in [5.41, 5.74) is 9.43. The molecule has 1 rings (SSSR count).